The highest BCUT2D eigenvalue weighted by molar-refractivity contribution is 7.99. The minimum atomic E-state index is -0.338. The topological polar surface area (TPSA) is 116 Å². The van der Waals surface area contributed by atoms with Crippen LogP contribution >= 0.6 is 11.8 Å². The van der Waals surface area contributed by atoms with Crippen LogP contribution in [0.3, 0.4) is 0 Å². The molecule has 1 aromatic carbocycles. The zero-order chi connectivity index (χ0) is 24.0. The first-order valence-corrected chi connectivity index (χ1v) is 11.9. The Labute approximate surface area is 198 Å². The fraction of sp³-hybridized carbons (Fsp3) is 0.545. The fourth-order valence-electron chi connectivity index (χ4n) is 3.27. The first-order chi connectivity index (χ1) is 15.7. The number of hydrogen-bond donors (Lipinski definition) is 1. The van der Waals surface area contributed by atoms with Crippen molar-refractivity contribution in [3.63, 3.8) is 0 Å². The molecule has 180 valence electrons. The van der Waals surface area contributed by atoms with Crippen molar-refractivity contribution in [2.24, 2.45) is 0 Å². The van der Waals surface area contributed by atoms with Gasteiger partial charge >= 0.3 is 6.09 Å². The van der Waals surface area contributed by atoms with Crippen molar-refractivity contribution in [3.8, 4) is 5.75 Å². The molecule has 33 heavy (non-hydrogen) atoms. The number of nitrogens with zero attached hydrogens (tertiary/aromatic N) is 5. The van der Waals surface area contributed by atoms with E-state index in [1.165, 1.54) is 22.0 Å². The third-order valence-electron chi connectivity index (χ3n) is 5.31. The van der Waals surface area contributed by atoms with E-state index in [1.807, 2.05) is 24.3 Å². The van der Waals surface area contributed by atoms with Gasteiger partial charge in [0.2, 0.25) is 11.1 Å². The van der Waals surface area contributed by atoms with Crippen molar-refractivity contribution >= 4 is 23.8 Å². The van der Waals surface area contributed by atoms with E-state index in [0.29, 0.717) is 43.8 Å². The van der Waals surface area contributed by atoms with Crippen molar-refractivity contribution in [2.45, 2.75) is 44.9 Å². The number of hydrogen-bond acceptors (Lipinski definition) is 8. The van der Waals surface area contributed by atoms with Gasteiger partial charge in [0.05, 0.1) is 12.4 Å². The average Bonchev–Trinajstić information content (AvgIpc) is 3.15. The van der Waals surface area contributed by atoms with Crippen molar-refractivity contribution in [2.75, 3.05) is 44.4 Å². The molecule has 0 spiro atoms. The highest BCUT2D eigenvalue weighted by Crippen LogP contribution is 2.24. The summed E-state index contributed by atoms with van der Waals surface area (Å²) < 4.78 is 12.1. The highest BCUT2D eigenvalue weighted by Gasteiger charge is 2.25. The number of thioether (sulfide) groups is 1. The average molecular weight is 477 g/mol. The van der Waals surface area contributed by atoms with Crippen LogP contribution in [0.4, 0.5) is 4.79 Å². The van der Waals surface area contributed by atoms with Gasteiger partial charge in [-0.3, -0.25) is 4.79 Å². The molecule has 2 aromatic rings. The molecule has 3 rings (SSSR count). The van der Waals surface area contributed by atoms with E-state index in [0.717, 1.165) is 5.75 Å². The first-order valence-electron chi connectivity index (χ1n) is 10.9. The van der Waals surface area contributed by atoms with Gasteiger partial charge in [0.25, 0.3) is 0 Å². The number of benzene rings is 1. The first kappa shape index (κ1) is 24.7. The molecular weight excluding hydrogens is 444 g/mol. The Kier molecular flexibility index (Phi) is 8.06. The molecule has 0 radical (unpaired) electrons. The molecule has 0 bridgehead atoms. The number of rotatable bonds is 7. The van der Waals surface area contributed by atoms with Crippen molar-refractivity contribution in [1.29, 1.82) is 0 Å². The number of ether oxygens (including phenoxy) is 2. The van der Waals surface area contributed by atoms with Crippen LogP contribution in [0.15, 0.2) is 29.4 Å². The summed E-state index contributed by atoms with van der Waals surface area (Å²) in [7, 11) is 0. The molecular formula is C22H32N6O4S. The van der Waals surface area contributed by atoms with Crippen LogP contribution in [-0.2, 0) is 21.6 Å². The standard InChI is InChI=1S/C22H32N6O4S/c1-5-31-21(30)27-12-10-26(11-13-27)19(29)15-33-20-25-24-18(28(20)23)14-32-17-8-6-16(7-9-17)22(2,3)4/h6-9H,5,10-15,23H2,1-4H3. The molecule has 0 unspecified atom stereocenters. The summed E-state index contributed by atoms with van der Waals surface area (Å²) in [5.41, 5.74) is 1.30. The Bertz CT molecular complexity index is 949. The lowest BCUT2D eigenvalue weighted by molar-refractivity contribution is -0.129. The number of nitrogen functional groups attached to an aromatic ring is 1. The summed E-state index contributed by atoms with van der Waals surface area (Å²) in [6, 6.07) is 7.94. The molecule has 1 fully saturated rings. The maximum atomic E-state index is 12.5. The quantitative estimate of drug-likeness (QED) is 0.478. The zero-order valence-corrected chi connectivity index (χ0v) is 20.4. The van der Waals surface area contributed by atoms with Gasteiger partial charge in [0, 0.05) is 26.2 Å². The van der Waals surface area contributed by atoms with Crippen LogP contribution in [0.25, 0.3) is 0 Å². The summed E-state index contributed by atoms with van der Waals surface area (Å²) in [4.78, 5) is 27.7. The van der Waals surface area contributed by atoms with Crippen molar-refractivity contribution in [1.82, 2.24) is 24.7 Å². The highest BCUT2D eigenvalue weighted by atomic mass is 32.2. The van der Waals surface area contributed by atoms with Crippen LogP contribution < -0.4 is 10.6 Å². The van der Waals surface area contributed by atoms with E-state index in [-0.39, 0.29) is 29.8 Å². The Balaban J connectivity index is 1.46. The van der Waals surface area contributed by atoms with Gasteiger partial charge in [0.15, 0.2) is 5.82 Å². The van der Waals surface area contributed by atoms with Gasteiger partial charge in [-0.05, 0) is 30.0 Å². The van der Waals surface area contributed by atoms with Crippen LogP contribution in [0.1, 0.15) is 39.1 Å². The molecule has 10 nitrogen and oxygen atoms in total. The van der Waals surface area contributed by atoms with Gasteiger partial charge in [-0.15, -0.1) is 10.2 Å². The monoisotopic (exact) mass is 476 g/mol. The lowest BCUT2D eigenvalue weighted by Gasteiger charge is -2.34. The maximum absolute atomic E-state index is 12.5. The summed E-state index contributed by atoms with van der Waals surface area (Å²) in [5.74, 6) is 7.43. The summed E-state index contributed by atoms with van der Waals surface area (Å²) in [5, 5.41) is 8.60. The Morgan fingerprint density at radius 1 is 1.06 bits per heavy atom. The maximum Gasteiger partial charge on any atom is 0.409 e. The van der Waals surface area contributed by atoms with Crippen molar-refractivity contribution < 1.29 is 19.1 Å². The second-order valence-corrected chi connectivity index (χ2v) is 9.63. The molecule has 11 heteroatoms. The van der Waals surface area contributed by atoms with E-state index in [1.54, 1.807) is 16.7 Å². The van der Waals surface area contributed by atoms with Crippen LogP contribution in [0.5, 0.6) is 5.75 Å². The van der Waals surface area contributed by atoms with Crippen LogP contribution in [0.2, 0.25) is 0 Å². The fourth-order valence-corrected chi connectivity index (χ4v) is 4.05. The van der Waals surface area contributed by atoms with E-state index < -0.39 is 0 Å². The molecule has 2 amide bonds. The molecule has 1 aromatic heterocycles. The number of piperazine rings is 1. The van der Waals surface area contributed by atoms with Gasteiger partial charge in [-0.25, -0.2) is 9.47 Å². The number of carbonyl (C=O) groups is 2. The Morgan fingerprint density at radius 3 is 2.30 bits per heavy atom. The smallest absolute Gasteiger partial charge is 0.409 e. The lowest BCUT2D eigenvalue weighted by atomic mass is 9.87. The van der Waals surface area contributed by atoms with Gasteiger partial charge in [0.1, 0.15) is 12.4 Å². The summed E-state index contributed by atoms with van der Waals surface area (Å²) >= 11 is 1.22. The van der Waals surface area contributed by atoms with Gasteiger partial charge in [-0.1, -0.05) is 44.7 Å². The number of aromatic nitrogens is 3. The number of carbonyl (C=O) groups excluding carboxylic acids is 2. The predicted molar refractivity (Wildman–Crippen MR) is 126 cm³/mol. The second kappa shape index (κ2) is 10.8. The largest absolute Gasteiger partial charge is 0.486 e. The normalized spacial score (nSPS) is 14.3. The van der Waals surface area contributed by atoms with E-state index in [4.69, 9.17) is 15.3 Å². The van der Waals surface area contributed by atoms with Crippen molar-refractivity contribution in [3.05, 3.63) is 35.7 Å². The lowest BCUT2D eigenvalue weighted by Crippen LogP contribution is -2.51. The Morgan fingerprint density at radius 2 is 1.70 bits per heavy atom. The second-order valence-electron chi connectivity index (χ2n) is 8.69. The van der Waals surface area contributed by atoms with E-state index in [2.05, 4.69) is 31.0 Å². The molecule has 1 aliphatic heterocycles. The molecule has 2 heterocycles. The van der Waals surface area contributed by atoms with E-state index in [9.17, 15) is 9.59 Å². The zero-order valence-electron chi connectivity index (χ0n) is 19.6. The third kappa shape index (κ3) is 6.53. The minimum absolute atomic E-state index is 0.0387. The summed E-state index contributed by atoms with van der Waals surface area (Å²) in [6.45, 7) is 10.6. The summed E-state index contributed by atoms with van der Waals surface area (Å²) in [6.07, 6.45) is -0.338. The molecule has 1 saturated heterocycles. The van der Waals surface area contributed by atoms with Gasteiger partial charge in [-0.2, -0.15) is 0 Å². The van der Waals surface area contributed by atoms with Crippen LogP contribution in [-0.4, -0.2) is 75.2 Å². The SMILES string of the molecule is CCOC(=O)N1CCN(C(=O)CSc2nnc(COc3ccc(C(C)(C)C)cc3)n2N)CC1. The number of nitrogens with two attached hydrogens (primary N) is 1. The van der Waals surface area contributed by atoms with Gasteiger partial charge < -0.3 is 25.1 Å². The predicted octanol–water partition coefficient (Wildman–Crippen LogP) is 2.26. The molecule has 0 saturated carbocycles. The Hall–Kier alpha value is -2.95. The molecule has 1 aliphatic rings. The molecule has 2 N–H and O–H groups in total. The van der Waals surface area contributed by atoms with E-state index >= 15 is 0 Å². The van der Waals surface area contributed by atoms with Crippen LogP contribution in [0, 0.1) is 0 Å². The number of amides is 2. The molecule has 0 aliphatic carbocycles. The molecule has 0 atom stereocenters. The third-order valence-corrected chi connectivity index (χ3v) is 6.23. The minimum Gasteiger partial charge on any atom is -0.486 e.